The number of anilines is 2. The van der Waals surface area contributed by atoms with Gasteiger partial charge in [-0.25, -0.2) is 8.78 Å². The van der Waals surface area contributed by atoms with Crippen molar-refractivity contribution >= 4 is 49.8 Å². The summed E-state index contributed by atoms with van der Waals surface area (Å²) in [6, 6.07) is 16.7. The Morgan fingerprint density at radius 3 is 2.52 bits per heavy atom. The van der Waals surface area contributed by atoms with Crippen LogP contribution in [0.2, 0.25) is 0 Å². The zero-order chi connectivity index (χ0) is 28.6. The van der Waals surface area contributed by atoms with Gasteiger partial charge in [0.2, 0.25) is 0 Å². The summed E-state index contributed by atoms with van der Waals surface area (Å²) in [5.41, 5.74) is 2.28. The summed E-state index contributed by atoms with van der Waals surface area (Å²) in [5.74, 6) is -2.33. The molecule has 2 N–H and O–H groups in total. The first-order valence-electron chi connectivity index (χ1n) is 12.9. The number of carbonyl (C=O) groups excluding carboxylic acids is 3. The van der Waals surface area contributed by atoms with Gasteiger partial charge in [0.1, 0.15) is 11.6 Å². The van der Waals surface area contributed by atoms with Gasteiger partial charge in [0.25, 0.3) is 0 Å². The molecule has 0 radical (unpaired) electrons. The van der Waals surface area contributed by atoms with Crippen LogP contribution in [0.15, 0.2) is 60.7 Å². The van der Waals surface area contributed by atoms with Gasteiger partial charge in [0, 0.05) is 6.07 Å². The number of aldehydes is 1. The predicted octanol–water partition coefficient (Wildman–Crippen LogP) is 6.71. The number of halogens is 3. The van der Waals surface area contributed by atoms with Crippen LogP contribution >= 0.6 is 20.1 Å². The number of aryl methyl sites for hydroxylation is 1. The maximum atomic E-state index is 14.2. The van der Waals surface area contributed by atoms with E-state index in [2.05, 4.69) is 23.6 Å². The Hall–Kier alpha value is -3.38. The van der Waals surface area contributed by atoms with Crippen molar-refractivity contribution in [1.82, 2.24) is 3.11 Å². The van der Waals surface area contributed by atoms with Crippen LogP contribution < -0.4 is 10.6 Å². The first kappa shape index (κ1) is 29.6. The van der Waals surface area contributed by atoms with Crippen LogP contribution in [0.1, 0.15) is 35.2 Å². The predicted molar refractivity (Wildman–Crippen MR) is 161 cm³/mol. The molecule has 40 heavy (non-hydrogen) atoms. The van der Waals surface area contributed by atoms with Crippen molar-refractivity contribution in [3.05, 3.63) is 83.4 Å². The molecule has 1 unspecified atom stereocenters. The van der Waals surface area contributed by atoms with Crippen LogP contribution in [0.3, 0.4) is 0 Å². The first-order chi connectivity index (χ1) is 19.2. The summed E-state index contributed by atoms with van der Waals surface area (Å²) in [6.07, 6.45) is 1.63. The van der Waals surface area contributed by atoms with Crippen molar-refractivity contribution in [3.63, 3.8) is 0 Å². The molecule has 0 bridgehead atoms. The minimum absolute atomic E-state index is 0.0114. The van der Waals surface area contributed by atoms with Crippen molar-refractivity contribution in [3.8, 4) is 11.1 Å². The van der Waals surface area contributed by atoms with Crippen LogP contribution in [0.25, 0.3) is 11.1 Å². The van der Waals surface area contributed by atoms with E-state index in [9.17, 15) is 23.2 Å². The van der Waals surface area contributed by atoms with Crippen LogP contribution in [-0.2, 0) is 16.0 Å². The molecule has 1 atom stereocenters. The monoisotopic (exact) mass is 663 g/mol. The Bertz CT molecular complexity index is 1370. The first-order valence-corrected chi connectivity index (χ1v) is 18.2. The number of nitrogens with zero attached hydrogens (tertiary/aromatic N) is 1. The minimum atomic E-state index is -1.15. The summed E-state index contributed by atoms with van der Waals surface area (Å²) in [7, 11) is 0. The van der Waals surface area contributed by atoms with E-state index in [4.69, 9.17) is 4.74 Å². The van der Waals surface area contributed by atoms with Crippen LogP contribution in [0.4, 0.5) is 25.0 Å². The van der Waals surface area contributed by atoms with Gasteiger partial charge in [-0.2, -0.15) is 0 Å². The number of ether oxygens (including phenoxy) is 1. The molecule has 1 heterocycles. The molecular weight excluding hydrogens is 631 g/mol. The van der Waals surface area contributed by atoms with E-state index in [1.54, 1.807) is 6.07 Å². The number of alkyl halides is 2. The van der Waals surface area contributed by atoms with E-state index in [0.717, 1.165) is 54.8 Å². The molecule has 2 amide bonds. The number of hydrogen-bond donors (Lipinski definition) is 2. The second-order valence-corrected chi connectivity index (χ2v) is 15.1. The van der Waals surface area contributed by atoms with Crippen LogP contribution in [0.5, 0.6) is 0 Å². The standard InChI is InChI=1S/C30H32F2IN3O4/c1-33(2)36-14-6-9-23(18-36)40-30(39)35-27-15-20(10-12-24(27)21-7-4-3-5-8-21)11-13-29(38)34-28-17-25(31)22(19-37)16-26(28)32/h3-5,7-8,10,12,15-17,19,23H,6,9,11,13-14,18H2,1-2H3,(H,34,38)(H,35,39). The normalized spacial score (nSPS) is 15.7. The number of piperidine rings is 1. The number of amides is 2. The fourth-order valence-corrected chi connectivity index (χ4v) is 7.06. The maximum absolute atomic E-state index is 14.2. The van der Waals surface area contributed by atoms with Crippen molar-refractivity contribution < 1.29 is 27.9 Å². The van der Waals surface area contributed by atoms with Gasteiger partial charge in [-0.15, -0.1) is 0 Å². The Morgan fingerprint density at radius 1 is 1.02 bits per heavy atom. The van der Waals surface area contributed by atoms with Gasteiger partial charge in [-0.3, -0.25) is 9.59 Å². The summed E-state index contributed by atoms with van der Waals surface area (Å²) >= 11 is -1.15. The topological polar surface area (TPSA) is 87.7 Å². The van der Waals surface area contributed by atoms with Crippen LogP contribution in [-0.4, -0.2) is 50.5 Å². The molecule has 0 spiro atoms. The van der Waals surface area contributed by atoms with Crippen molar-refractivity contribution in [2.75, 3.05) is 33.6 Å². The molecule has 4 rings (SSSR count). The molecular formula is C30H32F2IN3O4. The van der Waals surface area contributed by atoms with E-state index < -0.39 is 49.3 Å². The molecule has 1 aliphatic heterocycles. The van der Waals surface area contributed by atoms with E-state index in [1.165, 1.54) is 0 Å². The number of hydrogen-bond acceptors (Lipinski definition) is 5. The van der Waals surface area contributed by atoms with Gasteiger partial charge in [0.05, 0.1) is 11.3 Å². The van der Waals surface area contributed by atoms with Gasteiger partial charge >= 0.3 is 176 Å². The second kappa shape index (κ2) is 13.8. The summed E-state index contributed by atoms with van der Waals surface area (Å²) < 4.78 is 36.3. The molecule has 3 aromatic rings. The summed E-state index contributed by atoms with van der Waals surface area (Å²) in [6.45, 7) is 1.81. The third-order valence-corrected chi connectivity index (χ3v) is 10.2. The molecule has 1 aliphatic rings. The average molecular weight is 664 g/mol. The molecule has 1 saturated heterocycles. The molecule has 0 aliphatic carbocycles. The third kappa shape index (κ3) is 7.85. The van der Waals surface area contributed by atoms with Gasteiger partial charge in [0.15, 0.2) is 6.29 Å². The van der Waals surface area contributed by atoms with Crippen LogP contribution in [0, 0.1) is 11.6 Å². The van der Waals surface area contributed by atoms with Gasteiger partial charge in [-0.1, -0.05) is 0 Å². The SMILES string of the molecule is CI(C)N1CCCC(OC(=O)Nc2cc(CCC(=O)Nc3cc(F)c(C=O)cc3F)ccc2-c2ccccc2)C1. The fourth-order valence-electron chi connectivity index (χ4n) is 4.53. The molecule has 3 aromatic carbocycles. The molecule has 1 fully saturated rings. The Labute approximate surface area is 240 Å². The quantitative estimate of drug-likeness (QED) is 0.115. The summed E-state index contributed by atoms with van der Waals surface area (Å²) in [4.78, 5) is 40.8. The second-order valence-electron chi connectivity index (χ2n) is 9.64. The molecule has 0 aromatic heterocycles. The van der Waals surface area contributed by atoms with E-state index in [1.807, 2.05) is 42.5 Å². The Balaban J connectivity index is 1.45. The molecule has 10 heteroatoms. The summed E-state index contributed by atoms with van der Waals surface area (Å²) in [5, 5.41) is 5.26. The van der Waals surface area contributed by atoms with Crippen molar-refractivity contribution in [1.29, 1.82) is 0 Å². The number of nitrogens with one attached hydrogen (secondary N) is 2. The van der Waals surface area contributed by atoms with Gasteiger partial charge in [-0.05, 0) is 6.07 Å². The fraction of sp³-hybridized carbons (Fsp3) is 0.300. The van der Waals surface area contributed by atoms with E-state index >= 15 is 0 Å². The molecule has 7 nitrogen and oxygen atoms in total. The number of rotatable bonds is 9. The number of carbonyl (C=O) groups is 3. The number of benzene rings is 3. The molecule has 212 valence electrons. The third-order valence-electron chi connectivity index (χ3n) is 6.61. The Kier molecular flexibility index (Phi) is 10.2. The van der Waals surface area contributed by atoms with Crippen molar-refractivity contribution in [2.45, 2.75) is 31.8 Å². The zero-order valence-corrected chi connectivity index (χ0v) is 24.5. The van der Waals surface area contributed by atoms with E-state index in [0.29, 0.717) is 12.1 Å². The molecule has 0 saturated carbocycles. The van der Waals surface area contributed by atoms with Crippen molar-refractivity contribution in [2.24, 2.45) is 0 Å². The van der Waals surface area contributed by atoms with Gasteiger partial charge < -0.3 is 5.32 Å². The average Bonchev–Trinajstić information content (AvgIpc) is 2.94. The zero-order valence-electron chi connectivity index (χ0n) is 22.4. The Morgan fingerprint density at radius 2 is 1.80 bits per heavy atom. The van der Waals surface area contributed by atoms with E-state index in [-0.39, 0.29) is 24.5 Å².